The van der Waals surface area contributed by atoms with E-state index in [9.17, 15) is 4.79 Å². The van der Waals surface area contributed by atoms with Gasteiger partial charge in [-0.25, -0.2) is 0 Å². The van der Waals surface area contributed by atoms with Gasteiger partial charge >= 0.3 is 0 Å². The van der Waals surface area contributed by atoms with E-state index in [1.54, 1.807) is 0 Å². The Morgan fingerprint density at radius 2 is 2.15 bits per heavy atom. The van der Waals surface area contributed by atoms with Crippen molar-refractivity contribution in [1.82, 2.24) is 0 Å². The molecule has 20 heavy (non-hydrogen) atoms. The molecule has 4 N–H and O–H groups in total. The highest BCUT2D eigenvalue weighted by Crippen LogP contribution is 2.32. The number of hydrogen-bond donors (Lipinski definition) is 2. The molecule has 0 bridgehead atoms. The standard InChI is InChI=1S/C15H23N3O2/c1-10(2)20-14-9-11(6-7-12(14)16)18-8-4-3-5-13(18)15(17)19/h6-7,9-10,13H,3-5,8,16H2,1-2H3,(H2,17,19). The van der Waals surface area contributed by atoms with Crippen molar-refractivity contribution < 1.29 is 9.53 Å². The van der Waals surface area contributed by atoms with Gasteiger partial charge in [0.25, 0.3) is 0 Å². The van der Waals surface area contributed by atoms with Crippen LogP contribution in [0, 0.1) is 0 Å². The maximum absolute atomic E-state index is 11.6. The Morgan fingerprint density at radius 3 is 2.80 bits per heavy atom. The molecule has 0 aliphatic carbocycles. The molecule has 0 saturated carbocycles. The molecule has 2 rings (SSSR count). The summed E-state index contributed by atoms with van der Waals surface area (Å²) in [5.41, 5.74) is 13.0. The lowest BCUT2D eigenvalue weighted by Gasteiger charge is -2.35. The summed E-state index contributed by atoms with van der Waals surface area (Å²) in [6.07, 6.45) is 2.96. The summed E-state index contributed by atoms with van der Waals surface area (Å²) >= 11 is 0. The number of anilines is 2. The predicted molar refractivity (Wildman–Crippen MR) is 80.8 cm³/mol. The van der Waals surface area contributed by atoms with Crippen LogP contribution in [-0.4, -0.2) is 24.6 Å². The first kappa shape index (κ1) is 14.5. The lowest BCUT2D eigenvalue weighted by Crippen LogP contribution is -2.47. The Morgan fingerprint density at radius 1 is 1.40 bits per heavy atom. The van der Waals surface area contributed by atoms with Gasteiger partial charge in [-0.15, -0.1) is 0 Å². The van der Waals surface area contributed by atoms with Crippen molar-refractivity contribution in [2.24, 2.45) is 5.73 Å². The molecule has 1 aromatic rings. The first-order valence-corrected chi connectivity index (χ1v) is 7.11. The maximum Gasteiger partial charge on any atom is 0.240 e. The zero-order valence-corrected chi connectivity index (χ0v) is 12.1. The number of nitrogen functional groups attached to an aromatic ring is 1. The molecular formula is C15H23N3O2. The van der Waals surface area contributed by atoms with Gasteiger partial charge < -0.3 is 21.1 Å². The number of amides is 1. The Labute approximate surface area is 119 Å². The third-order valence-corrected chi connectivity index (χ3v) is 3.52. The lowest BCUT2D eigenvalue weighted by atomic mass is 10.0. The lowest BCUT2D eigenvalue weighted by molar-refractivity contribution is -0.119. The second kappa shape index (κ2) is 6.03. The summed E-state index contributed by atoms with van der Waals surface area (Å²) in [6, 6.07) is 5.40. The van der Waals surface area contributed by atoms with E-state index < -0.39 is 0 Å². The number of carbonyl (C=O) groups excluding carboxylic acids is 1. The largest absolute Gasteiger partial charge is 0.489 e. The molecule has 1 amide bonds. The molecule has 110 valence electrons. The van der Waals surface area contributed by atoms with Gasteiger partial charge in [-0.05, 0) is 45.2 Å². The highest BCUT2D eigenvalue weighted by molar-refractivity contribution is 5.84. The summed E-state index contributed by atoms with van der Waals surface area (Å²) in [7, 11) is 0. The van der Waals surface area contributed by atoms with Gasteiger partial charge in [0.15, 0.2) is 0 Å². The van der Waals surface area contributed by atoms with Crippen molar-refractivity contribution in [2.75, 3.05) is 17.2 Å². The molecule has 1 fully saturated rings. The van der Waals surface area contributed by atoms with Gasteiger partial charge in [-0.3, -0.25) is 4.79 Å². The normalized spacial score (nSPS) is 19.1. The summed E-state index contributed by atoms with van der Waals surface area (Å²) in [5.74, 6) is 0.388. The van der Waals surface area contributed by atoms with Gasteiger partial charge in [-0.2, -0.15) is 0 Å². The van der Waals surface area contributed by atoms with Crippen LogP contribution < -0.4 is 21.1 Å². The molecule has 1 unspecified atom stereocenters. The van der Waals surface area contributed by atoms with Crippen LogP contribution in [0.4, 0.5) is 11.4 Å². The number of benzene rings is 1. The zero-order valence-electron chi connectivity index (χ0n) is 12.1. The van der Waals surface area contributed by atoms with E-state index in [-0.39, 0.29) is 18.1 Å². The highest BCUT2D eigenvalue weighted by atomic mass is 16.5. The number of nitrogens with two attached hydrogens (primary N) is 2. The number of ether oxygens (including phenoxy) is 1. The SMILES string of the molecule is CC(C)Oc1cc(N2CCCCC2C(N)=O)ccc1N. The van der Waals surface area contributed by atoms with Crippen molar-refractivity contribution in [3.8, 4) is 5.75 Å². The number of hydrogen-bond acceptors (Lipinski definition) is 4. The predicted octanol–water partition coefficient (Wildman–Crippen LogP) is 1.90. The van der Waals surface area contributed by atoms with Crippen LogP contribution in [0.25, 0.3) is 0 Å². The topological polar surface area (TPSA) is 81.6 Å². The Bertz CT molecular complexity index is 488. The van der Waals surface area contributed by atoms with Crippen LogP contribution in [0.1, 0.15) is 33.1 Å². The fourth-order valence-electron chi connectivity index (χ4n) is 2.59. The van der Waals surface area contributed by atoms with Crippen molar-refractivity contribution in [2.45, 2.75) is 45.3 Å². The minimum Gasteiger partial charge on any atom is -0.489 e. The van der Waals surface area contributed by atoms with E-state index in [2.05, 4.69) is 4.90 Å². The van der Waals surface area contributed by atoms with Crippen molar-refractivity contribution in [1.29, 1.82) is 0 Å². The van der Waals surface area contributed by atoms with E-state index >= 15 is 0 Å². The zero-order chi connectivity index (χ0) is 14.7. The molecule has 0 aromatic heterocycles. The van der Waals surface area contributed by atoms with Crippen LogP contribution in [0.3, 0.4) is 0 Å². The van der Waals surface area contributed by atoms with E-state index in [1.807, 2.05) is 32.0 Å². The highest BCUT2D eigenvalue weighted by Gasteiger charge is 2.27. The van der Waals surface area contributed by atoms with Gasteiger partial charge in [0, 0.05) is 18.3 Å². The molecule has 1 heterocycles. The van der Waals surface area contributed by atoms with Gasteiger partial charge in [0.05, 0.1) is 11.8 Å². The molecule has 1 atom stereocenters. The molecule has 1 aromatic carbocycles. The molecule has 1 aliphatic rings. The van der Waals surface area contributed by atoms with Gasteiger partial charge in [-0.1, -0.05) is 0 Å². The first-order valence-electron chi connectivity index (χ1n) is 7.11. The van der Waals surface area contributed by atoms with Crippen LogP contribution in [0.15, 0.2) is 18.2 Å². The Kier molecular flexibility index (Phi) is 4.37. The molecule has 5 heteroatoms. The second-order valence-electron chi connectivity index (χ2n) is 5.50. The molecule has 1 aliphatic heterocycles. The van der Waals surface area contributed by atoms with Crippen LogP contribution in [0.5, 0.6) is 5.75 Å². The smallest absolute Gasteiger partial charge is 0.240 e. The minimum atomic E-state index is -0.271. The summed E-state index contributed by atoms with van der Waals surface area (Å²) in [6.45, 7) is 4.75. The van der Waals surface area contributed by atoms with Crippen LogP contribution in [-0.2, 0) is 4.79 Å². The van der Waals surface area contributed by atoms with E-state index in [1.165, 1.54) is 0 Å². The van der Waals surface area contributed by atoms with Crippen LogP contribution in [0.2, 0.25) is 0 Å². The average Bonchev–Trinajstić information content (AvgIpc) is 2.40. The molecular weight excluding hydrogens is 254 g/mol. The van der Waals surface area contributed by atoms with Crippen LogP contribution >= 0.6 is 0 Å². The molecule has 5 nitrogen and oxygen atoms in total. The summed E-state index contributed by atoms with van der Waals surface area (Å²) < 4.78 is 5.70. The quantitative estimate of drug-likeness (QED) is 0.824. The fourth-order valence-corrected chi connectivity index (χ4v) is 2.59. The first-order chi connectivity index (χ1) is 9.49. The third-order valence-electron chi connectivity index (χ3n) is 3.52. The fraction of sp³-hybridized carbons (Fsp3) is 0.533. The Hall–Kier alpha value is -1.91. The number of carbonyl (C=O) groups is 1. The third kappa shape index (κ3) is 3.15. The van der Waals surface area contributed by atoms with Gasteiger partial charge in [0.1, 0.15) is 11.8 Å². The van der Waals surface area contributed by atoms with Crippen molar-refractivity contribution in [3.05, 3.63) is 18.2 Å². The van der Waals surface area contributed by atoms with Gasteiger partial charge in [0.2, 0.25) is 5.91 Å². The maximum atomic E-state index is 11.6. The minimum absolute atomic E-state index is 0.0563. The monoisotopic (exact) mass is 277 g/mol. The number of primary amides is 1. The van der Waals surface area contributed by atoms with E-state index in [0.29, 0.717) is 11.4 Å². The average molecular weight is 277 g/mol. The summed E-state index contributed by atoms with van der Waals surface area (Å²) in [4.78, 5) is 13.6. The van der Waals surface area contributed by atoms with Crippen molar-refractivity contribution >= 4 is 17.3 Å². The van der Waals surface area contributed by atoms with Crippen molar-refractivity contribution in [3.63, 3.8) is 0 Å². The molecule has 0 radical (unpaired) electrons. The molecule has 0 spiro atoms. The van der Waals surface area contributed by atoms with E-state index in [4.69, 9.17) is 16.2 Å². The number of piperidine rings is 1. The number of rotatable bonds is 4. The number of nitrogens with zero attached hydrogens (tertiary/aromatic N) is 1. The summed E-state index contributed by atoms with van der Waals surface area (Å²) in [5, 5.41) is 0. The Balaban J connectivity index is 2.28. The second-order valence-corrected chi connectivity index (χ2v) is 5.50. The molecule has 1 saturated heterocycles. The van der Waals surface area contributed by atoms with E-state index in [0.717, 1.165) is 31.5 Å².